The zero-order valence-corrected chi connectivity index (χ0v) is 10.5. The summed E-state index contributed by atoms with van der Waals surface area (Å²) in [6.07, 6.45) is 0.514. The molecular weight excluding hydrogens is 260 g/mol. The number of benzene rings is 1. The fourth-order valence-corrected chi connectivity index (χ4v) is 1.68. The number of hydrogen-bond acceptors (Lipinski definition) is 4. The van der Waals surface area contributed by atoms with E-state index in [9.17, 15) is 14.9 Å². The highest BCUT2D eigenvalue weighted by molar-refractivity contribution is 6.34. The Kier molecular flexibility index (Phi) is 5.06. The van der Waals surface area contributed by atoms with Crippen LogP contribution >= 0.6 is 11.6 Å². The van der Waals surface area contributed by atoms with Crippen LogP contribution in [0.15, 0.2) is 18.2 Å². The summed E-state index contributed by atoms with van der Waals surface area (Å²) < 4.78 is 0. The second-order valence-corrected chi connectivity index (χ2v) is 4.06. The van der Waals surface area contributed by atoms with Gasteiger partial charge >= 0.3 is 0 Å². The van der Waals surface area contributed by atoms with Crippen molar-refractivity contribution in [2.45, 2.75) is 19.4 Å². The van der Waals surface area contributed by atoms with Crippen molar-refractivity contribution in [3.8, 4) is 0 Å². The lowest BCUT2D eigenvalue weighted by Crippen LogP contribution is -2.37. The Balaban J connectivity index is 3.08. The van der Waals surface area contributed by atoms with Gasteiger partial charge in [0.15, 0.2) is 0 Å². The normalized spacial score (nSPS) is 11.9. The van der Waals surface area contributed by atoms with E-state index in [4.69, 9.17) is 16.7 Å². The van der Waals surface area contributed by atoms with E-state index in [1.165, 1.54) is 18.2 Å². The van der Waals surface area contributed by atoms with E-state index < -0.39 is 16.9 Å². The minimum atomic E-state index is -0.666. The van der Waals surface area contributed by atoms with Crippen molar-refractivity contribution in [1.82, 2.24) is 5.32 Å². The van der Waals surface area contributed by atoms with Gasteiger partial charge in [-0.25, -0.2) is 0 Å². The van der Waals surface area contributed by atoms with Gasteiger partial charge in [0, 0.05) is 6.07 Å². The van der Waals surface area contributed by atoms with E-state index >= 15 is 0 Å². The quantitative estimate of drug-likeness (QED) is 0.631. The van der Waals surface area contributed by atoms with E-state index in [-0.39, 0.29) is 22.9 Å². The van der Waals surface area contributed by atoms with Crippen molar-refractivity contribution in [2.75, 3.05) is 6.61 Å². The van der Waals surface area contributed by atoms with Gasteiger partial charge in [-0.2, -0.15) is 0 Å². The first-order chi connectivity index (χ1) is 8.51. The molecule has 0 saturated heterocycles. The number of aliphatic hydroxyl groups excluding tert-OH is 1. The molecule has 0 aliphatic carbocycles. The molecule has 6 nitrogen and oxygen atoms in total. The number of nitro benzene ring substituents is 1. The highest BCUT2D eigenvalue weighted by Crippen LogP contribution is 2.26. The molecule has 0 heterocycles. The summed E-state index contributed by atoms with van der Waals surface area (Å²) in [5, 5.41) is 22.3. The van der Waals surface area contributed by atoms with Gasteiger partial charge in [0.1, 0.15) is 5.56 Å². The monoisotopic (exact) mass is 272 g/mol. The van der Waals surface area contributed by atoms with Crippen molar-refractivity contribution in [3.05, 3.63) is 38.9 Å². The van der Waals surface area contributed by atoms with Gasteiger partial charge in [0.05, 0.1) is 22.6 Å². The maximum atomic E-state index is 11.9. The van der Waals surface area contributed by atoms with Crippen LogP contribution in [0.25, 0.3) is 0 Å². The molecule has 1 aromatic rings. The molecule has 7 heteroatoms. The van der Waals surface area contributed by atoms with Crippen molar-refractivity contribution in [2.24, 2.45) is 0 Å². The maximum Gasteiger partial charge on any atom is 0.283 e. The number of nitro groups is 1. The first-order valence-electron chi connectivity index (χ1n) is 5.35. The molecular formula is C11H13ClN2O4. The molecule has 0 aromatic heterocycles. The number of halogens is 1. The van der Waals surface area contributed by atoms with Crippen LogP contribution in [0.2, 0.25) is 5.02 Å². The summed E-state index contributed by atoms with van der Waals surface area (Å²) in [6, 6.07) is 3.57. The number of aliphatic hydroxyl groups is 1. The Morgan fingerprint density at radius 3 is 2.78 bits per heavy atom. The van der Waals surface area contributed by atoms with Gasteiger partial charge in [-0.15, -0.1) is 0 Å². The van der Waals surface area contributed by atoms with Gasteiger partial charge in [0.2, 0.25) is 0 Å². The fraction of sp³-hybridized carbons (Fsp3) is 0.364. The van der Waals surface area contributed by atoms with E-state index in [0.717, 1.165) is 0 Å². The molecule has 1 atom stereocenters. The van der Waals surface area contributed by atoms with Crippen LogP contribution in [-0.2, 0) is 0 Å². The summed E-state index contributed by atoms with van der Waals surface area (Å²) in [5.74, 6) is -0.659. The third-order valence-corrected chi connectivity index (χ3v) is 2.78. The number of rotatable bonds is 5. The van der Waals surface area contributed by atoms with Gasteiger partial charge in [-0.1, -0.05) is 24.6 Å². The molecule has 98 valence electrons. The number of carbonyl (C=O) groups excluding carboxylic acids is 1. The Bertz CT molecular complexity index is 460. The Morgan fingerprint density at radius 1 is 1.61 bits per heavy atom. The van der Waals surface area contributed by atoms with E-state index in [2.05, 4.69) is 5.32 Å². The molecule has 1 rings (SSSR count). The van der Waals surface area contributed by atoms with Crippen molar-refractivity contribution < 1.29 is 14.8 Å². The lowest BCUT2D eigenvalue weighted by molar-refractivity contribution is -0.385. The van der Waals surface area contributed by atoms with Crippen LogP contribution in [0.3, 0.4) is 0 Å². The van der Waals surface area contributed by atoms with Crippen LogP contribution in [0.5, 0.6) is 0 Å². The molecule has 1 aromatic carbocycles. The summed E-state index contributed by atoms with van der Waals surface area (Å²) in [6.45, 7) is 1.54. The molecule has 0 unspecified atom stereocenters. The van der Waals surface area contributed by atoms with Crippen LogP contribution in [0, 0.1) is 10.1 Å². The van der Waals surface area contributed by atoms with Gasteiger partial charge in [0.25, 0.3) is 11.6 Å². The second kappa shape index (κ2) is 6.32. The van der Waals surface area contributed by atoms with Crippen molar-refractivity contribution >= 4 is 23.2 Å². The highest BCUT2D eigenvalue weighted by atomic mass is 35.5. The average Bonchev–Trinajstić information content (AvgIpc) is 2.35. The minimum Gasteiger partial charge on any atom is -0.394 e. The first-order valence-corrected chi connectivity index (χ1v) is 5.73. The minimum absolute atomic E-state index is 0.00879. The predicted octanol–water partition coefficient (Wildman–Crippen LogP) is 1.75. The zero-order valence-electron chi connectivity index (χ0n) is 9.72. The maximum absolute atomic E-state index is 11.9. The Morgan fingerprint density at radius 2 is 2.28 bits per heavy atom. The van der Waals surface area contributed by atoms with E-state index in [1.807, 2.05) is 0 Å². The van der Waals surface area contributed by atoms with Crippen molar-refractivity contribution in [3.63, 3.8) is 0 Å². The number of amides is 1. The predicted molar refractivity (Wildman–Crippen MR) is 66.7 cm³/mol. The highest BCUT2D eigenvalue weighted by Gasteiger charge is 2.24. The third kappa shape index (κ3) is 3.18. The molecule has 0 bridgehead atoms. The molecule has 0 saturated carbocycles. The third-order valence-electron chi connectivity index (χ3n) is 2.46. The first kappa shape index (κ1) is 14.4. The van der Waals surface area contributed by atoms with Crippen LogP contribution < -0.4 is 5.32 Å². The molecule has 18 heavy (non-hydrogen) atoms. The number of hydrogen-bond donors (Lipinski definition) is 2. The van der Waals surface area contributed by atoms with Crippen LogP contribution in [0.1, 0.15) is 23.7 Å². The SMILES string of the molecule is CC[C@H](CO)NC(=O)c1c(Cl)cccc1[N+](=O)[O-]. The number of nitrogens with one attached hydrogen (secondary N) is 1. The average molecular weight is 273 g/mol. The lowest BCUT2D eigenvalue weighted by atomic mass is 10.1. The molecule has 0 radical (unpaired) electrons. The summed E-state index contributed by atoms with van der Waals surface area (Å²) in [7, 11) is 0. The Hall–Kier alpha value is -1.66. The molecule has 2 N–H and O–H groups in total. The summed E-state index contributed by atoms with van der Waals surface area (Å²) in [4.78, 5) is 22.1. The van der Waals surface area contributed by atoms with Crippen LogP contribution in [0.4, 0.5) is 5.69 Å². The topological polar surface area (TPSA) is 92.5 Å². The van der Waals surface area contributed by atoms with Crippen molar-refractivity contribution in [1.29, 1.82) is 0 Å². The standard InChI is InChI=1S/C11H13ClN2O4/c1-2-7(6-15)13-11(16)10-8(12)4-3-5-9(10)14(17)18/h3-5,7,15H,2,6H2,1H3,(H,13,16)/t7-/m1/s1. The molecule has 0 spiro atoms. The number of nitrogens with zero attached hydrogens (tertiary/aromatic N) is 1. The van der Waals surface area contributed by atoms with E-state index in [0.29, 0.717) is 6.42 Å². The zero-order chi connectivity index (χ0) is 13.7. The largest absolute Gasteiger partial charge is 0.394 e. The van der Waals surface area contributed by atoms with Gasteiger partial charge < -0.3 is 10.4 Å². The molecule has 0 aliphatic heterocycles. The second-order valence-electron chi connectivity index (χ2n) is 3.65. The van der Waals surface area contributed by atoms with E-state index in [1.54, 1.807) is 6.92 Å². The summed E-state index contributed by atoms with van der Waals surface area (Å²) in [5.41, 5.74) is -0.538. The van der Waals surface area contributed by atoms with Gasteiger partial charge in [-0.3, -0.25) is 14.9 Å². The Labute approximate surface area is 109 Å². The number of carbonyl (C=O) groups is 1. The summed E-state index contributed by atoms with van der Waals surface area (Å²) >= 11 is 5.81. The van der Waals surface area contributed by atoms with Gasteiger partial charge in [-0.05, 0) is 12.5 Å². The molecule has 1 amide bonds. The lowest BCUT2D eigenvalue weighted by Gasteiger charge is -2.14. The smallest absolute Gasteiger partial charge is 0.283 e. The molecule has 0 fully saturated rings. The fourth-order valence-electron chi connectivity index (χ4n) is 1.42. The molecule has 0 aliphatic rings. The van der Waals surface area contributed by atoms with Crippen LogP contribution in [-0.4, -0.2) is 28.6 Å².